The molecule has 8 heteroatoms. The van der Waals surface area contributed by atoms with Gasteiger partial charge in [-0.3, -0.25) is 0 Å². The zero-order valence-corrected chi connectivity index (χ0v) is 11.5. The predicted octanol–water partition coefficient (Wildman–Crippen LogP) is 2.36. The van der Waals surface area contributed by atoms with Gasteiger partial charge in [-0.05, 0) is 19.3 Å². The molecule has 0 radical (unpaired) electrons. The minimum absolute atomic E-state index is 0.0447. The highest BCUT2D eigenvalue weighted by molar-refractivity contribution is 5.47. The molecule has 0 aliphatic rings. The molecule has 0 saturated carbocycles. The molecule has 20 heavy (non-hydrogen) atoms. The molecule has 0 saturated heterocycles. The minimum atomic E-state index is -4.58. The van der Waals surface area contributed by atoms with E-state index >= 15 is 0 Å². The Morgan fingerprint density at radius 3 is 2.35 bits per heavy atom. The second kappa shape index (κ2) is 7.28. The summed E-state index contributed by atoms with van der Waals surface area (Å²) < 4.78 is 38.1. The lowest BCUT2D eigenvalue weighted by molar-refractivity contribution is -0.144. The topological polar surface area (TPSA) is 70.1 Å². The molecule has 3 N–H and O–H groups in total. The van der Waals surface area contributed by atoms with Crippen LogP contribution in [0.15, 0.2) is 6.07 Å². The normalized spacial score (nSPS) is 13.1. The van der Waals surface area contributed by atoms with Gasteiger partial charge in [0.25, 0.3) is 0 Å². The first kappa shape index (κ1) is 16.5. The van der Waals surface area contributed by atoms with E-state index in [9.17, 15) is 13.2 Å². The van der Waals surface area contributed by atoms with E-state index in [-0.39, 0.29) is 24.2 Å². The van der Waals surface area contributed by atoms with Crippen LogP contribution in [-0.4, -0.2) is 34.8 Å². The van der Waals surface area contributed by atoms with E-state index in [1.54, 1.807) is 6.92 Å². The fourth-order valence-electron chi connectivity index (χ4n) is 1.54. The molecule has 1 heterocycles. The van der Waals surface area contributed by atoms with Crippen LogP contribution in [0.1, 0.15) is 26.1 Å². The van der Waals surface area contributed by atoms with Gasteiger partial charge in [-0.25, -0.2) is 9.97 Å². The summed E-state index contributed by atoms with van der Waals surface area (Å²) in [6, 6.07) is 1.43. The molecule has 1 aromatic heterocycles. The average Bonchev–Trinajstić information content (AvgIpc) is 2.36. The third kappa shape index (κ3) is 5.20. The van der Waals surface area contributed by atoms with E-state index in [0.29, 0.717) is 19.5 Å². The summed E-state index contributed by atoms with van der Waals surface area (Å²) in [5.74, 6) is -0.791. The molecule has 0 amide bonds. The quantitative estimate of drug-likeness (QED) is 0.719. The van der Waals surface area contributed by atoms with Gasteiger partial charge < -0.3 is 15.7 Å². The third-order valence-electron chi connectivity index (χ3n) is 2.59. The SMILES string of the molecule is CCNc1cc(NCC(C)CCO)nc(C(F)(F)F)n1. The zero-order valence-electron chi connectivity index (χ0n) is 11.5. The van der Waals surface area contributed by atoms with Crippen molar-refractivity contribution in [2.24, 2.45) is 5.92 Å². The van der Waals surface area contributed by atoms with E-state index in [2.05, 4.69) is 20.6 Å². The summed E-state index contributed by atoms with van der Waals surface area (Å²) in [7, 11) is 0. The Kier molecular flexibility index (Phi) is 6.00. The molecule has 5 nitrogen and oxygen atoms in total. The Morgan fingerprint density at radius 2 is 1.85 bits per heavy atom. The van der Waals surface area contributed by atoms with E-state index in [1.807, 2.05) is 6.92 Å². The third-order valence-corrected chi connectivity index (χ3v) is 2.59. The second-order valence-electron chi connectivity index (χ2n) is 4.49. The van der Waals surface area contributed by atoms with E-state index in [0.717, 1.165) is 0 Å². The van der Waals surface area contributed by atoms with Crippen molar-refractivity contribution in [3.8, 4) is 0 Å². The summed E-state index contributed by atoms with van der Waals surface area (Å²) in [6.07, 6.45) is -4.01. The van der Waals surface area contributed by atoms with Gasteiger partial charge in [0.15, 0.2) is 0 Å². The van der Waals surface area contributed by atoms with Gasteiger partial charge in [0.2, 0.25) is 5.82 Å². The van der Waals surface area contributed by atoms with Gasteiger partial charge in [-0.15, -0.1) is 0 Å². The highest BCUT2D eigenvalue weighted by atomic mass is 19.4. The van der Waals surface area contributed by atoms with Crippen molar-refractivity contribution >= 4 is 11.6 Å². The average molecular weight is 292 g/mol. The largest absolute Gasteiger partial charge is 0.451 e. The lowest BCUT2D eigenvalue weighted by atomic mass is 10.1. The van der Waals surface area contributed by atoms with Gasteiger partial charge in [0, 0.05) is 25.8 Å². The molecule has 0 aliphatic heterocycles. The van der Waals surface area contributed by atoms with E-state index in [1.165, 1.54) is 6.07 Å². The Balaban J connectivity index is 2.86. The molecule has 114 valence electrons. The molecule has 1 atom stereocenters. The van der Waals surface area contributed by atoms with Gasteiger partial charge >= 0.3 is 6.18 Å². The maximum absolute atomic E-state index is 12.7. The fourth-order valence-corrected chi connectivity index (χ4v) is 1.54. The first-order valence-corrected chi connectivity index (χ1v) is 6.41. The first-order chi connectivity index (χ1) is 9.36. The van der Waals surface area contributed by atoms with Gasteiger partial charge in [0.1, 0.15) is 11.6 Å². The van der Waals surface area contributed by atoms with Crippen molar-refractivity contribution in [1.82, 2.24) is 9.97 Å². The summed E-state index contributed by atoms with van der Waals surface area (Å²) in [6.45, 7) is 4.60. The highest BCUT2D eigenvalue weighted by Gasteiger charge is 2.35. The highest BCUT2D eigenvalue weighted by Crippen LogP contribution is 2.28. The summed E-state index contributed by atoms with van der Waals surface area (Å²) >= 11 is 0. The monoisotopic (exact) mass is 292 g/mol. The number of anilines is 2. The van der Waals surface area contributed by atoms with Gasteiger partial charge in [0.05, 0.1) is 0 Å². The van der Waals surface area contributed by atoms with E-state index in [4.69, 9.17) is 5.11 Å². The van der Waals surface area contributed by atoms with Crippen molar-refractivity contribution in [2.75, 3.05) is 30.3 Å². The molecule has 0 aromatic carbocycles. The van der Waals surface area contributed by atoms with Gasteiger partial charge in [-0.2, -0.15) is 13.2 Å². The van der Waals surface area contributed by atoms with Gasteiger partial charge in [-0.1, -0.05) is 6.92 Å². The van der Waals surface area contributed by atoms with Crippen LogP contribution >= 0.6 is 0 Å². The lowest BCUT2D eigenvalue weighted by Gasteiger charge is -2.14. The number of aromatic nitrogens is 2. The van der Waals surface area contributed by atoms with Crippen LogP contribution in [0.25, 0.3) is 0 Å². The summed E-state index contributed by atoms with van der Waals surface area (Å²) in [5.41, 5.74) is 0. The Morgan fingerprint density at radius 1 is 1.25 bits per heavy atom. The molecule has 1 aromatic rings. The first-order valence-electron chi connectivity index (χ1n) is 6.41. The molecule has 0 fully saturated rings. The second-order valence-corrected chi connectivity index (χ2v) is 4.49. The number of alkyl halides is 3. The lowest BCUT2D eigenvalue weighted by Crippen LogP contribution is -2.18. The number of halogens is 3. The summed E-state index contributed by atoms with van der Waals surface area (Å²) in [4.78, 5) is 6.90. The molecular weight excluding hydrogens is 273 g/mol. The number of rotatable bonds is 7. The zero-order chi connectivity index (χ0) is 15.2. The maximum Gasteiger partial charge on any atom is 0.451 e. The van der Waals surface area contributed by atoms with Crippen LogP contribution in [0, 0.1) is 5.92 Å². The van der Waals surface area contributed by atoms with Crippen molar-refractivity contribution in [3.05, 3.63) is 11.9 Å². The minimum Gasteiger partial charge on any atom is -0.396 e. The van der Waals surface area contributed by atoms with Crippen LogP contribution in [0.5, 0.6) is 0 Å². The van der Waals surface area contributed by atoms with Crippen LogP contribution in [-0.2, 0) is 6.18 Å². The van der Waals surface area contributed by atoms with Crippen molar-refractivity contribution in [3.63, 3.8) is 0 Å². The molecule has 1 unspecified atom stereocenters. The molecular formula is C12H19F3N4O. The number of hydrogen-bond acceptors (Lipinski definition) is 5. The number of nitrogens with zero attached hydrogens (tertiary/aromatic N) is 2. The molecule has 1 rings (SSSR count). The van der Waals surface area contributed by atoms with Crippen LogP contribution < -0.4 is 10.6 Å². The van der Waals surface area contributed by atoms with Crippen LogP contribution in [0.2, 0.25) is 0 Å². The van der Waals surface area contributed by atoms with Crippen molar-refractivity contribution in [2.45, 2.75) is 26.4 Å². The smallest absolute Gasteiger partial charge is 0.396 e. The van der Waals surface area contributed by atoms with E-state index < -0.39 is 12.0 Å². The maximum atomic E-state index is 12.7. The number of nitrogens with one attached hydrogen (secondary N) is 2. The Labute approximate surface area is 115 Å². The standard InChI is InChI=1S/C12H19F3N4O/c1-3-16-9-6-10(17-7-8(2)4-5-20)19-11(18-9)12(13,14)15/h6,8,20H,3-5,7H2,1-2H3,(H2,16,17,18,19). The Hall–Kier alpha value is -1.57. The van der Waals surface area contributed by atoms with Crippen molar-refractivity contribution < 1.29 is 18.3 Å². The fraction of sp³-hybridized carbons (Fsp3) is 0.667. The Bertz CT molecular complexity index is 426. The number of aliphatic hydroxyl groups is 1. The molecule has 0 bridgehead atoms. The molecule has 0 aliphatic carbocycles. The number of aliphatic hydroxyl groups excluding tert-OH is 1. The van der Waals surface area contributed by atoms with Crippen molar-refractivity contribution in [1.29, 1.82) is 0 Å². The number of hydrogen-bond donors (Lipinski definition) is 3. The predicted molar refractivity (Wildman–Crippen MR) is 70.6 cm³/mol. The van der Waals surface area contributed by atoms with Crippen LogP contribution in [0.4, 0.5) is 24.8 Å². The molecule has 0 spiro atoms. The van der Waals surface area contributed by atoms with Crippen LogP contribution in [0.3, 0.4) is 0 Å². The summed E-state index contributed by atoms with van der Waals surface area (Å²) in [5, 5.41) is 14.4.